The average Bonchev–Trinajstić information content (AvgIpc) is 2.71. The Labute approximate surface area is 158 Å². The predicted octanol–water partition coefficient (Wildman–Crippen LogP) is 1.05. The van der Waals surface area contributed by atoms with Crippen LogP contribution in [-0.4, -0.2) is 55.3 Å². The van der Waals surface area contributed by atoms with Crippen molar-refractivity contribution in [1.29, 1.82) is 0 Å². The van der Waals surface area contributed by atoms with E-state index in [2.05, 4.69) is 10.2 Å². The van der Waals surface area contributed by atoms with Gasteiger partial charge in [0.05, 0.1) is 26.4 Å². The van der Waals surface area contributed by atoms with Gasteiger partial charge >= 0.3 is 0 Å². The van der Waals surface area contributed by atoms with Gasteiger partial charge in [0.25, 0.3) is 5.56 Å². The van der Waals surface area contributed by atoms with E-state index < -0.39 is 0 Å². The number of morpholine rings is 1. The van der Waals surface area contributed by atoms with Crippen LogP contribution < -0.4 is 15.6 Å². The van der Waals surface area contributed by atoms with Gasteiger partial charge in [-0.1, -0.05) is 18.2 Å². The lowest BCUT2D eigenvalue weighted by atomic mass is 10.0. The summed E-state index contributed by atoms with van der Waals surface area (Å²) < 4.78 is 12.1. The van der Waals surface area contributed by atoms with Crippen LogP contribution in [0.2, 0.25) is 0 Å². The fourth-order valence-corrected chi connectivity index (χ4v) is 3.19. The Kier molecular flexibility index (Phi) is 6.62. The van der Waals surface area contributed by atoms with Crippen molar-refractivity contribution in [1.82, 2.24) is 14.8 Å². The number of hydrogen-bond donors (Lipinski definition) is 1. The molecular weight excluding hydrogens is 346 g/mol. The van der Waals surface area contributed by atoms with Crippen molar-refractivity contribution >= 4 is 5.91 Å². The van der Waals surface area contributed by atoms with Gasteiger partial charge in [-0.3, -0.25) is 14.5 Å². The maximum Gasteiger partial charge on any atom is 0.250 e. The van der Waals surface area contributed by atoms with Gasteiger partial charge < -0.3 is 19.4 Å². The zero-order chi connectivity index (χ0) is 19.1. The van der Waals surface area contributed by atoms with Crippen LogP contribution >= 0.6 is 0 Å². The lowest BCUT2D eigenvalue weighted by Crippen LogP contribution is -2.44. The second kappa shape index (κ2) is 9.34. The molecule has 0 bridgehead atoms. The van der Waals surface area contributed by atoms with E-state index in [0.717, 1.165) is 24.4 Å². The summed E-state index contributed by atoms with van der Waals surface area (Å²) in [7, 11) is 1.64. The molecule has 0 aliphatic carbocycles. The van der Waals surface area contributed by atoms with Crippen molar-refractivity contribution in [3.8, 4) is 5.75 Å². The molecule has 0 radical (unpaired) electrons. The minimum Gasteiger partial charge on any atom is -0.497 e. The Bertz CT molecular complexity index is 797. The standard InChI is InChI=1S/C20H25N3O4/c1-26-17-7-5-16(6-8-17)18(22-10-12-27-13-11-22)14-21-19(24)15-23-9-3-2-4-20(23)25/h2-9,18H,10-15H2,1H3,(H,21,24). The molecule has 0 spiro atoms. The molecule has 0 saturated carbocycles. The fourth-order valence-electron chi connectivity index (χ4n) is 3.19. The van der Waals surface area contributed by atoms with Crippen LogP contribution in [0.5, 0.6) is 5.75 Å². The summed E-state index contributed by atoms with van der Waals surface area (Å²) >= 11 is 0. The number of amides is 1. The molecule has 27 heavy (non-hydrogen) atoms. The molecule has 144 valence electrons. The molecule has 1 aromatic carbocycles. The second-order valence-electron chi connectivity index (χ2n) is 6.41. The number of methoxy groups -OCH3 is 1. The number of benzene rings is 1. The number of pyridine rings is 1. The topological polar surface area (TPSA) is 72.8 Å². The minimum atomic E-state index is -0.187. The summed E-state index contributed by atoms with van der Waals surface area (Å²) in [4.78, 5) is 26.4. The van der Waals surface area contributed by atoms with E-state index in [1.807, 2.05) is 24.3 Å². The first-order valence-electron chi connectivity index (χ1n) is 9.05. The number of carbonyl (C=O) groups excluding carboxylic acids is 1. The zero-order valence-corrected chi connectivity index (χ0v) is 15.5. The van der Waals surface area contributed by atoms with Crippen LogP contribution in [0.4, 0.5) is 0 Å². The van der Waals surface area contributed by atoms with Crippen LogP contribution in [0.15, 0.2) is 53.5 Å². The second-order valence-corrected chi connectivity index (χ2v) is 6.41. The highest BCUT2D eigenvalue weighted by atomic mass is 16.5. The number of hydrogen-bond acceptors (Lipinski definition) is 5. The highest BCUT2D eigenvalue weighted by molar-refractivity contribution is 5.75. The molecule has 2 heterocycles. The average molecular weight is 371 g/mol. The molecule has 1 amide bonds. The molecule has 7 heteroatoms. The highest BCUT2D eigenvalue weighted by Crippen LogP contribution is 2.23. The number of ether oxygens (including phenoxy) is 2. The quantitative estimate of drug-likeness (QED) is 0.788. The van der Waals surface area contributed by atoms with E-state index >= 15 is 0 Å². The molecule has 2 aromatic rings. The molecule has 7 nitrogen and oxygen atoms in total. The van der Waals surface area contributed by atoms with Gasteiger partial charge in [0.15, 0.2) is 0 Å². The summed E-state index contributed by atoms with van der Waals surface area (Å²) in [5.74, 6) is 0.613. The fraction of sp³-hybridized carbons (Fsp3) is 0.400. The van der Waals surface area contributed by atoms with Crippen molar-refractivity contribution in [2.75, 3.05) is 40.0 Å². The van der Waals surface area contributed by atoms with Crippen LogP contribution in [0.1, 0.15) is 11.6 Å². The smallest absolute Gasteiger partial charge is 0.250 e. The van der Waals surface area contributed by atoms with E-state index in [-0.39, 0.29) is 24.1 Å². The minimum absolute atomic E-state index is 0.0120. The van der Waals surface area contributed by atoms with Crippen molar-refractivity contribution in [2.45, 2.75) is 12.6 Å². The summed E-state index contributed by atoms with van der Waals surface area (Å²) in [6.45, 7) is 3.46. The summed E-state index contributed by atoms with van der Waals surface area (Å²) in [6, 6.07) is 12.8. The lowest BCUT2D eigenvalue weighted by molar-refractivity contribution is -0.122. The first kappa shape index (κ1) is 19.1. The largest absolute Gasteiger partial charge is 0.497 e. The molecule has 3 rings (SSSR count). The van der Waals surface area contributed by atoms with E-state index in [4.69, 9.17) is 9.47 Å². The number of aromatic nitrogens is 1. The first-order valence-corrected chi connectivity index (χ1v) is 9.05. The maximum atomic E-state index is 12.3. The number of nitrogens with zero attached hydrogens (tertiary/aromatic N) is 2. The van der Waals surface area contributed by atoms with E-state index in [1.165, 1.54) is 10.6 Å². The molecular formula is C20H25N3O4. The highest BCUT2D eigenvalue weighted by Gasteiger charge is 2.23. The van der Waals surface area contributed by atoms with Crippen LogP contribution in [0.3, 0.4) is 0 Å². The van der Waals surface area contributed by atoms with Gasteiger partial charge in [-0.15, -0.1) is 0 Å². The van der Waals surface area contributed by atoms with Crippen LogP contribution in [0, 0.1) is 0 Å². The Balaban J connectivity index is 1.68. The Morgan fingerprint density at radius 3 is 2.59 bits per heavy atom. The van der Waals surface area contributed by atoms with Gasteiger partial charge in [0.1, 0.15) is 12.3 Å². The predicted molar refractivity (Wildman–Crippen MR) is 102 cm³/mol. The SMILES string of the molecule is COc1ccc(C(CNC(=O)Cn2ccccc2=O)N2CCOCC2)cc1. The van der Waals surface area contributed by atoms with Crippen molar-refractivity contribution in [2.24, 2.45) is 0 Å². The normalized spacial score (nSPS) is 15.9. The Morgan fingerprint density at radius 2 is 1.93 bits per heavy atom. The van der Waals surface area contributed by atoms with Gasteiger partial charge in [0.2, 0.25) is 5.91 Å². The summed E-state index contributed by atoms with van der Waals surface area (Å²) in [6.07, 6.45) is 1.62. The van der Waals surface area contributed by atoms with Gasteiger partial charge in [0, 0.05) is 31.9 Å². The van der Waals surface area contributed by atoms with Gasteiger partial charge in [-0.25, -0.2) is 0 Å². The molecule has 1 atom stereocenters. The summed E-state index contributed by atoms with van der Waals surface area (Å²) in [5, 5.41) is 2.97. The van der Waals surface area contributed by atoms with Gasteiger partial charge in [-0.05, 0) is 23.8 Å². The molecule has 1 saturated heterocycles. The van der Waals surface area contributed by atoms with Crippen LogP contribution in [-0.2, 0) is 16.1 Å². The number of carbonyl (C=O) groups is 1. The summed E-state index contributed by atoms with van der Waals surface area (Å²) in [5.41, 5.74) is 0.919. The molecule has 1 aliphatic heterocycles. The monoisotopic (exact) mass is 371 g/mol. The van der Waals surface area contributed by atoms with E-state index in [0.29, 0.717) is 19.8 Å². The lowest BCUT2D eigenvalue weighted by Gasteiger charge is -2.35. The molecule has 1 fully saturated rings. The Morgan fingerprint density at radius 1 is 1.19 bits per heavy atom. The number of rotatable bonds is 7. The van der Waals surface area contributed by atoms with E-state index in [1.54, 1.807) is 25.4 Å². The van der Waals surface area contributed by atoms with Crippen LogP contribution in [0.25, 0.3) is 0 Å². The van der Waals surface area contributed by atoms with E-state index in [9.17, 15) is 9.59 Å². The molecule has 1 aromatic heterocycles. The van der Waals surface area contributed by atoms with Crippen molar-refractivity contribution in [3.05, 3.63) is 64.6 Å². The number of nitrogens with one attached hydrogen (secondary N) is 1. The van der Waals surface area contributed by atoms with Crippen molar-refractivity contribution < 1.29 is 14.3 Å². The Hall–Kier alpha value is -2.64. The maximum absolute atomic E-state index is 12.3. The molecule has 1 aliphatic rings. The zero-order valence-electron chi connectivity index (χ0n) is 15.5. The van der Waals surface area contributed by atoms with Gasteiger partial charge in [-0.2, -0.15) is 0 Å². The molecule has 1 unspecified atom stereocenters. The molecule has 1 N–H and O–H groups in total. The first-order chi connectivity index (χ1) is 13.2. The van der Waals surface area contributed by atoms with Crippen molar-refractivity contribution in [3.63, 3.8) is 0 Å². The third-order valence-electron chi connectivity index (χ3n) is 4.69. The third-order valence-corrected chi connectivity index (χ3v) is 4.69. The third kappa shape index (κ3) is 5.18.